The first-order chi connectivity index (χ1) is 30.3. The van der Waals surface area contributed by atoms with Crippen molar-refractivity contribution < 1.29 is 0 Å². The summed E-state index contributed by atoms with van der Waals surface area (Å²) in [6.45, 7) is 0. The minimum atomic E-state index is -2.84. The number of nitrogens with zero attached hydrogens (tertiary/aromatic N) is 2. The highest BCUT2D eigenvalue weighted by Gasteiger charge is 2.41. The van der Waals surface area contributed by atoms with Gasteiger partial charge in [-0.05, 0) is 97.2 Å². The lowest BCUT2D eigenvalue weighted by Crippen LogP contribution is -2.74. The summed E-state index contributed by atoms with van der Waals surface area (Å²) in [5.41, 5.74) is 9.21. The van der Waals surface area contributed by atoms with Crippen LogP contribution in [0.15, 0.2) is 255 Å². The van der Waals surface area contributed by atoms with Gasteiger partial charge < -0.3 is 9.47 Å². The zero-order chi connectivity index (χ0) is 40.6. The number of para-hydroxylation sites is 2. The molecule has 0 spiro atoms. The third-order valence-corrected chi connectivity index (χ3v) is 17.1. The Kier molecular flexibility index (Phi) is 9.22. The molecule has 0 fully saturated rings. The molecule has 0 radical (unpaired) electrons. The van der Waals surface area contributed by atoms with Crippen LogP contribution in [0.1, 0.15) is 0 Å². The second kappa shape index (κ2) is 15.5. The van der Waals surface area contributed by atoms with Gasteiger partial charge in [-0.15, -0.1) is 0 Å². The summed E-state index contributed by atoms with van der Waals surface area (Å²) in [6, 6.07) is 93.8. The van der Waals surface area contributed by atoms with Gasteiger partial charge in [-0.25, -0.2) is 0 Å². The Morgan fingerprint density at radius 2 is 0.836 bits per heavy atom. The van der Waals surface area contributed by atoms with Crippen molar-refractivity contribution in [3.8, 4) is 16.8 Å². The third-order valence-electron chi connectivity index (χ3n) is 12.3. The molecule has 288 valence electrons. The zero-order valence-electron chi connectivity index (χ0n) is 33.6. The average molecular weight is 795 g/mol. The van der Waals surface area contributed by atoms with Gasteiger partial charge >= 0.3 is 0 Å². The van der Waals surface area contributed by atoms with E-state index in [4.69, 9.17) is 0 Å². The molecule has 0 saturated carbocycles. The van der Waals surface area contributed by atoms with E-state index in [1.54, 1.807) is 0 Å². The van der Waals surface area contributed by atoms with Crippen molar-refractivity contribution in [3.05, 3.63) is 255 Å². The molecule has 0 atom stereocenters. The van der Waals surface area contributed by atoms with Crippen LogP contribution < -0.4 is 25.6 Å². The Hall–Kier alpha value is -7.72. The number of hydrogen-bond donors (Lipinski definition) is 0. The van der Waals surface area contributed by atoms with Crippen molar-refractivity contribution in [2.75, 3.05) is 4.90 Å². The van der Waals surface area contributed by atoms with Crippen LogP contribution in [0.5, 0.6) is 0 Å². The van der Waals surface area contributed by atoms with Crippen LogP contribution >= 0.6 is 0 Å². The van der Waals surface area contributed by atoms with E-state index in [0.717, 1.165) is 28.3 Å². The van der Waals surface area contributed by atoms with Crippen molar-refractivity contribution in [1.82, 2.24) is 4.57 Å². The van der Waals surface area contributed by atoms with Crippen LogP contribution in [0.4, 0.5) is 17.1 Å². The molecule has 2 nitrogen and oxygen atoms in total. The van der Waals surface area contributed by atoms with Gasteiger partial charge in [0.05, 0.1) is 16.7 Å². The fourth-order valence-corrected chi connectivity index (χ4v) is 14.5. The zero-order valence-corrected chi connectivity index (χ0v) is 34.6. The van der Waals surface area contributed by atoms with Gasteiger partial charge in [-0.3, -0.25) is 0 Å². The summed E-state index contributed by atoms with van der Waals surface area (Å²) in [5, 5.41) is 10.3. The van der Waals surface area contributed by atoms with E-state index in [1.807, 2.05) is 0 Å². The van der Waals surface area contributed by atoms with Crippen molar-refractivity contribution in [1.29, 1.82) is 0 Å². The van der Waals surface area contributed by atoms with Gasteiger partial charge in [0.15, 0.2) is 8.07 Å². The molecule has 1 heterocycles. The molecular weight excluding hydrogens is 753 g/mol. The SMILES string of the molecule is c1ccc(-n2c3ccccc3c3c(N(c4cccc(-c5cccc6ccccc56)c4)c4cccc([Si](c5ccccc5)(c5ccccc5)c5ccccc5)c4)cccc32)cc1. The fourth-order valence-electron chi connectivity index (χ4n) is 9.70. The maximum absolute atomic E-state index is 2.84. The van der Waals surface area contributed by atoms with Crippen LogP contribution in [0.2, 0.25) is 0 Å². The Labute approximate surface area is 357 Å². The van der Waals surface area contributed by atoms with E-state index in [-0.39, 0.29) is 0 Å². The van der Waals surface area contributed by atoms with Crippen molar-refractivity contribution in [2.45, 2.75) is 0 Å². The maximum atomic E-state index is 2.50. The molecule has 61 heavy (non-hydrogen) atoms. The summed E-state index contributed by atoms with van der Waals surface area (Å²) in [7, 11) is -2.84. The lowest BCUT2D eigenvalue weighted by Gasteiger charge is -2.35. The summed E-state index contributed by atoms with van der Waals surface area (Å²) in [4.78, 5) is 2.50. The molecule has 0 aliphatic carbocycles. The number of anilines is 3. The smallest absolute Gasteiger partial charge is 0.179 e. The average Bonchev–Trinajstić information content (AvgIpc) is 3.68. The van der Waals surface area contributed by atoms with Gasteiger partial charge in [0.2, 0.25) is 0 Å². The predicted octanol–water partition coefficient (Wildman–Crippen LogP) is 12.5. The highest BCUT2D eigenvalue weighted by molar-refractivity contribution is 7.19. The number of hydrogen-bond acceptors (Lipinski definition) is 1. The predicted molar refractivity (Wildman–Crippen MR) is 262 cm³/mol. The number of aromatic nitrogens is 1. The maximum Gasteiger partial charge on any atom is 0.179 e. The summed E-state index contributed by atoms with van der Waals surface area (Å²) >= 11 is 0. The number of rotatable bonds is 9. The second-order valence-corrected chi connectivity index (χ2v) is 19.5. The summed E-state index contributed by atoms with van der Waals surface area (Å²) < 4.78 is 2.41. The number of fused-ring (bicyclic) bond motifs is 4. The van der Waals surface area contributed by atoms with Crippen LogP contribution in [0.3, 0.4) is 0 Å². The molecular formula is C58H42N2Si. The molecule has 11 rings (SSSR count). The minimum absolute atomic E-state index is 1.10. The van der Waals surface area contributed by atoms with Crippen molar-refractivity contribution >= 4 is 78.5 Å². The Bertz CT molecular complexity index is 3200. The monoisotopic (exact) mass is 794 g/mol. The molecule has 0 aliphatic rings. The largest absolute Gasteiger partial charge is 0.310 e. The van der Waals surface area contributed by atoms with Crippen LogP contribution in [0.25, 0.3) is 49.4 Å². The molecule has 10 aromatic carbocycles. The third kappa shape index (κ3) is 6.18. The van der Waals surface area contributed by atoms with Gasteiger partial charge in [-0.2, -0.15) is 0 Å². The molecule has 11 aromatic rings. The molecule has 1 aromatic heterocycles. The van der Waals surface area contributed by atoms with Gasteiger partial charge in [0.25, 0.3) is 0 Å². The molecule has 0 aliphatic heterocycles. The minimum Gasteiger partial charge on any atom is -0.310 e. The van der Waals surface area contributed by atoms with Crippen LogP contribution in [0, 0.1) is 0 Å². The first kappa shape index (κ1) is 36.4. The van der Waals surface area contributed by atoms with Crippen molar-refractivity contribution in [2.24, 2.45) is 0 Å². The Morgan fingerprint density at radius 3 is 1.52 bits per heavy atom. The molecule has 0 amide bonds. The Morgan fingerprint density at radius 1 is 0.344 bits per heavy atom. The topological polar surface area (TPSA) is 8.17 Å². The van der Waals surface area contributed by atoms with Crippen LogP contribution in [-0.2, 0) is 0 Å². The molecule has 0 bridgehead atoms. The molecule has 0 saturated heterocycles. The first-order valence-corrected chi connectivity index (χ1v) is 23.0. The Balaban J connectivity index is 1.22. The van der Waals surface area contributed by atoms with E-state index in [9.17, 15) is 0 Å². The van der Waals surface area contributed by atoms with Gasteiger partial charge in [0.1, 0.15) is 0 Å². The fraction of sp³-hybridized carbons (Fsp3) is 0. The van der Waals surface area contributed by atoms with Crippen LogP contribution in [-0.4, -0.2) is 12.6 Å². The lowest BCUT2D eigenvalue weighted by molar-refractivity contribution is 1.18. The molecule has 3 heteroatoms. The first-order valence-electron chi connectivity index (χ1n) is 21.0. The molecule has 0 unspecified atom stereocenters. The summed E-state index contributed by atoms with van der Waals surface area (Å²) in [5.74, 6) is 0. The quantitative estimate of drug-likeness (QED) is 0.104. The van der Waals surface area contributed by atoms with E-state index in [0.29, 0.717) is 0 Å². The highest BCUT2D eigenvalue weighted by Crippen LogP contribution is 2.44. The van der Waals surface area contributed by atoms with E-state index in [2.05, 4.69) is 264 Å². The van der Waals surface area contributed by atoms with Crippen molar-refractivity contribution in [3.63, 3.8) is 0 Å². The van der Waals surface area contributed by atoms with E-state index in [1.165, 1.54) is 58.9 Å². The molecule has 0 N–H and O–H groups in total. The highest BCUT2D eigenvalue weighted by atomic mass is 28.3. The number of benzene rings is 10. The van der Waals surface area contributed by atoms with Gasteiger partial charge in [0, 0.05) is 27.8 Å². The lowest BCUT2D eigenvalue weighted by atomic mass is 9.97. The summed E-state index contributed by atoms with van der Waals surface area (Å²) in [6.07, 6.45) is 0. The normalized spacial score (nSPS) is 11.6. The second-order valence-electron chi connectivity index (χ2n) is 15.7. The van der Waals surface area contributed by atoms with E-state index >= 15 is 0 Å². The van der Waals surface area contributed by atoms with Gasteiger partial charge in [-0.1, -0.05) is 200 Å². The standard InChI is InChI=1S/C58H42N2Si/c1-5-24-45(25-6-1)60-55-38-16-15-36-54(55)58-56(39-20-40-57(58)60)59(46-26-17-23-44(41-46)53-37-18-22-43-21-13-14-35-52(43)53)47-27-19-34-51(42-47)61(48-28-7-2-8-29-48,49-30-9-3-10-31-49)50-32-11-4-12-33-50/h1-42H. The van der Waals surface area contributed by atoms with E-state index < -0.39 is 8.07 Å².